The number of allylic oxidation sites excluding steroid dienone is 2. The van der Waals surface area contributed by atoms with Crippen LogP contribution in [-0.2, 0) is 4.74 Å². The standard InChI is InChI=1S/C16H30O2/c1-3-4-5-6-7-8-10-14-11-9-12-15(14)13-16(17)18-2/h8,10,14-17H,3-7,9,11-13H2,1-2H3/b10-8+/t14?,15-,16?/m1/s1. The molecule has 2 nitrogen and oxygen atoms in total. The normalized spacial score (nSPS) is 25.9. The van der Waals surface area contributed by atoms with Crippen molar-refractivity contribution in [3.63, 3.8) is 0 Å². The largest absolute Gasteiger partial charge is 0.368 e. The van der Waals surface area contributed by atoms with Crippen LogP contribution >= 0.6 is 0 Å². The van der Waals surface area contributed by atoms with E-state index >= 15 is 0 Å². The lowest BCUT2D eigenvalue weighted by molar-refractivity contribution is -0.0886. The summed E-state index contributed by atoms with van der Waals surface area (Å²) in [5.41, 5.74) is 0. The molecule has 0 spiro atoms. The molecule has 0 bridgehead atoms. The molecular weight excluding hydrogens is 224 g/mol. The van der Waals surface area contributed by atoms with Crippen LogP contribution in [0.4, 0.5) is 0 Å². The highest BCUT2D eigenvalue weighted by molar-refractivity contribution is 4.95. The SMILES string of the molecule is CCCCCC/C=C/C1CCC[C@@H]1CC(O)OC. The van der Waals surface area contributed by atoms with Gasteiger partial charge in [0.25, 0.3) is 0 Å². The number of hydrogen-bond acceptors (Lipinski definition) is 2. The van der Waals surface area contributed by atoms with E-state index in [2.05, 4.69) is 19.1 Å². The van der Waals surface area contributed by atoms with Crippen molar-refractivity contribution >= 4 is 0 Å². The minimum Gasteiger partial charge on any atom is -0.368 e. The minimum atomic E-state index is -0.575. The fraction of sp³-hybridized carbons (Fsp3) is 0.875. The second-order valence-corrected chi connectivity index (χ2v) is 5.56. The summed E-state index contributed by atoms with van der Waals surface area (Å²) >= 11 is 0. The highest BCUT2D eigenvalue weighted by Crippen LogP contribution is 2.36. The summed E-state index contributed by atoms with van der Waals surface area (Å²) in [6, 6.07) is 0. The molecule has 0 heterocycles. The van der Waals surface area contributed by atoms with Crippen LogP contribution in [0.3, 0.4) is 0 Å². The molecule has 0 aromatic rings. The molecule has 1 rings (SSSR count). The van der Waals surface area contributed by atoms with Crippen LogP contribution in [0.5, 0.6) is 0 Å². The van der Waals surface area contributed by atoms with Crippen LogP contribution in [0.1, 0.15) is 64.7 Å². The molecule has 2 heteroatoms. The summed E-state index contributed by atoms with van der Waals surface area (Å²) in [6.07, 6.45) is 15.4. The molecule has 0 aromatic heterocycles. The summed E-state index contributed by atoms with van der Waals surface area (Å²) in [5, 5.41) is 9.56. The zero-order valence-corrected chi connectivity index (χ0v) is 12.1. The fourth-order valence-corrected chi connectivity index (χ4v) is 2.93. The van der Waals surface area contributed by atoms with Gasteiger partial charge in [-0.15, -0.1) is 0 Å². The molecular formula is C16H30O2. The van der Waals surface area contributed by atoms with Crippen LogP contribution < -0.4 is 0 Å². The summed E-state index contributed by atoms with van der Waals surface area (Å²) in [5.74, 6) is 1.29. The van der Waals surface area contributed by atoms with Gasteiger partial charge in [0, 0.05) is 13.5 Å². The summed E-state index contributed by atoms with van der Waals surface area (Å²) in [4.78, 5) is 0. The van der Waals surface area contributed by atoms with Gasteiger partial charge in [0.05, 0.1) is 0 Å². The molecule has 1 N–H and O–H groups in total. The van der Waals surface area contributed by atoms with E-state index in [1.807, 2.05) is 0 Å². The first-order chi connectivity index (χ1) is 8.77. The van der Waals surface area contributed by atoms with Gasteiger partial charge in [0.15, 0.2) is 6.29 Å². The molecule has 0 radical (unpaired) electrons. The zero-order chi connectivity index (χ0) is 13.2. The van der Waals surface area contributed by atoms with Gasteiger partial charge in [0.1, 0.15) is 0 Å². The van der Waals surface area contributed by atoms with Gasteiger partial charge in [-0.3, -0.25) is 0 Å². The summed E-state index contributed by atoms with van der Waals surface area (Å²) in [7, 11) is 1.58. The molecule has 106 valence electrons. The monoisotopic (exact) mass is 254 g/mol. The van der Waals surface area contributed by atoms with Gasteiger partial charge in [-0.2, -0.15) is 0 Å². The molecule has 1 fully saturated rings. The second-order valence-electron chi connectivity index (χ2n) is 5.56. The Kier molecular flexibility index (Phi) is 8.36. The zero-order valence-electron chi connectivity index (χ0n) is 12.1. The van der Waals surface area contributed by atoms with Crippen molar-refractivity contribution < 1.29 is 9.84 Å². The van der Waals surface area contributed by atoms with Crippen molar-refractivity contribution in [2.75, 3.05) is 7.11 Å². The molecule has 1 aliphatic carbocycles. The van der Waals surface area contributed by atoms with E-state index < -0.39 is 6.29 Å². The van der Waals surface area contributed by atoms with Crippen LogP contribution in [0, 0.1) is 11.8 Å². The lowest BCUT2D eigenvalue weighted by Crippen LogP contribution is -2.17. The van der Waals surface area contributed by atoms with Gasteiger partial charge in [-0.25, -0.2) is 0 Å². The van der Waals surface area contributed by atoms with Gasteiger partial charge in [-0.05, 0) is 37.5 Å². The maximum atomic E-state index is 9.56. The third-order valence-electron chi connectivity index (χ3n) is 4.10. The Balaban J connectivity index is 2.20. The lowest BCUT2D eigenvalue weighted by atomic mass is 9.92. The van der Waals surface area contributed by atoms with Crippen LogP contribution in [-0.4, -0.2) is 18.5 Å². The van der Waals surface area contributed by atoms with E-state index in [0.717, 1.165) is 6.42 Å². The van der Waals surface area contributed by atoms with E-state index in [9.17, 15) is 5.11 Å². The maximum Gasteiger partial charge on any atom is 0.154 e. The fourth-order valence-electron chi connectivity index (χ4n) is 2.93. The number of methoxy groups -OCH3 is 1. The summed E-state index contributed by atoms with van der Waals surface area (Å²) in [6.45, 7) is 2.25. The molecule has 2 unspecified atom stereocenters. The highest BCUT2D eigenvalue weighted by Gasteiger charge is 2.26. The van der Waals surface area contributed by atoms with E-state index in [4.69, 9.17) is 4.74 Å². The molecule has 0 aliphatic heterocycles. The Labute approximate surface area is 112 Å². The number of aliphatic hydroxyl groups excluding tert-OH is 1. The molecule has 18 heavy (non-hydrogen) atoms. The second kappa shape index (κ2) is 9.57. The van der Waals surface area contributed by atoms with Crippen molar-refractivity contribution in [3.05, 3.63) is 12.2 Å². The first kappa shape index (κ1) is 15.7. The van der Waals surface area contributed by atoms with Crippen LogP contribution in [0.25, 0.3) is 0 Å². The van der Waals surface area contributed by atoms with E-state index in [-0.39, 0.29) is 0 Å². The lowest BCUT2D eigenvalue weighted by Gasteiger charge is -2.19. The van der Waals surface area contributed by atoms with E-state index in [1.165, 1.54) is 51.4 Å². The molecule has 0 aromatic carbocycles. The quantitative estimate of drug-likeness (QED) is 0.378. The van der Waals surface area contributed by atoms with Crippen molar-refractivity contribution in [3.8, 4) is 0 Å². The van der Waals surface area contributed by atoms with Gasteiger partial charge in [-0.1, -0.05) is 44.8 Å². The average molecular weight is 254 g/mol. The predicted molar refractivity (Wildman–Crippen MR) is 76.4 cm³/mol. The highest BCUT2D eigenvalue weighted by atomic mass is 16.6. The predicted octanol–water partition coefficient (Wildman–Crippen LogP) is 4.28. The molecule has 1 saturated carbocycles. The third-order valence-corrected chi connectivity index (χ3v) is 4.10. The van der Waals surface area contributed by atoms with Gasteiger partial charge < -0.3 is 9.84 Å². The molecule has 0 saturated heterocycles. The Morgan fingerprint density at radius 2 is 2.11 bits per heavy atom. The van der Waals surface area contributed by atoms with Gasteiger partial charge in [0.2, 0.25) is 0 Å². The number of hydrogen-bond donors (Lipinski definition) is 1. The van der Waals surface area contributed by atoms with Crippen LogP contribution in [0.15, 0.2) is 12.2 Å². The Morgan fingerprint density at radius 3 is 2.83 bits per heavy atom. The third kappa shape index (κ3) is 6.01. The van der Waals surface area contributed by atoms with E-state index in [0.29, 0.717) is 11.8 Å². The van der Waals surface area contributed by atoms with Crippen molar-refractivity contribution in [2.24, 2.45) is 11.8 Å². The van der Waals surface area contributed by atoms with E-state index in [1.54, 1.807) is 7.11 Å². The Morgan fingerprint density at radius 1 is 1.28 bits per heavy atom. The number of unbranched alkanes of at least 4 members (excludes halogenated alkanes) is 4. The first-order valence-electron chi connectivity index (χ1n) is 7.65. The topological polar surface area (TPSA) is 29.5 Å². The van der Waals surface area contributed by atoms with Crippen molar-refractivity contribution in [1.82, 2.24) is 0 Å². The molecule has 0 amide bonds. The summed E-state index contributed by atoms with van der Waals surface area (Å²) < 4.78 is 4.96. The molecule has 1 aliphatic rings. The van der Waals surface area contributed by atoms with Crippen molar-refractivity contribution in [2.45, 2.75) is 71.0 Å². The maximum absolute atomic E-state index is 9.56. The molecule has 3 atom stereocenters. The minimum absolute atomic E-state index is 0.575. The van der Waals surface area contributed by atoms with Gasteiger partial charge >= 0.3 is 0 Å². The Bertz CT molecular complexity index is 225. The Hall–Kier alpha value is -0.340. The number of ether oxygens (including phenoxy) is 1. The average Bonchev–Trinajstić information content (AvgIpc) is 2.81. The number of aliphatic hydroxyl groups is 1. The first-order valence-corrected chi connectivity index (χ1v) is 7.65. The van der Waals surface area contributed by atoms with Crippen molar-refractivity contribution in [1.29, 1.82) is 0 Å². The number of rotatable bonds is 9. The van der Waals surface area contributed by atoms with Crippen LogP contribution in [0.2, 0.25) is 0 Å². The smallest absolute Gasteiger partial charge is 0.154 e.